The zero-order valence-corrected chi connectivity index (χ0v) is 54.7. The van der Waals surface area contributed by atoms with Crippen LogP contribution < -0.4 is 70.4 Å². The number of likely N-dealkylation sites (tertiary alicyclic amines) is 1. The van der Waals surface area contributed by atoms with E-state index in [1.807, 2.05) is 0 Å². The quantitative estimate of drug-likeness (QED) is 0.0196. The number of phenolic OH excluding ortho intramolecular Hbond substituents is 2. The third-order valence-corrected chi connectivity index (χ3v) is 18.1. The Balaban J connectivity index is 1.37. The van der Waals surface area contributed by atoms with Crippen molar-refractivity contribution < 1.29 is 78.0 Å². The van der Waals surface area contributed by atoms with E-state index in [-0.39, 0.29) is 86.5 Å². The van der Waals surface area contributed by atoms with Crippen LogP contribution in [0, 0.1) is 5.92 Å². The van der Waals surface area contributed by atoms with Crippen molar-refractivity contribution in [1.29, 1.82) is 0 Å². The summed E-state index contributed by atoms with van der Waals surface area (Å²) in [5.74, 6) is -12.7. The third-order valence-electron chi connectivity index (χ3n) is 15.7. The number of aromatic nitrogens is 1. The van der Waals surface area contributed by atoms with Gasteiger partial charge in [-0.25, -0.2) is 0 Å². The molecule has 34 heteroatoms. The van der Waals surface area contributed by atoms with Crippen molar-refractivity contribution in [2.24, 2.45) is 28.1 Å². The van der Waals surface area contributed by atoms with Gasteiger partial charge >= 0.3 is 0 Å². The number of nitrogens with two attached hydrogens (primary N) is 3. The van der Waals surface area contributed by atoms with Crippen molar-refractivity contribution >= 4 is 109 Å². The standard InChI is InChI=1S/C62H84N16O16S2/c1-32(2)51-61(94)73-43(25-35-14-18-38(83)19-15-35)54(87)70-41(10-6-21-67-62(64)65)53(86)66-22-20-50(84)69-45(28-79)57(90)71-44(26-36-27-68-40-9-5-4-8-39(36)40)56(89)74-46(29-80)58(91)75-47(52(63)85)30-95-96-31-48(59(92)77-51)76-55(88)42(24-34-12-16-37(82)17-13-34)72-60(93)49-11-7-23-78(49)33(3)81/h4-5,8-9,12-19,27,32,41-49,51,68,79-80,82-83H,6-7,10-11,20-26,28-31H2,1-3H3,(H2,63,85)(H,66,86)(H,69,84)(H,70,87)(H,71,90)(H,72,93)(H,73,94)(H,74,89)(H,75,91)(H,76,88)(H,77,92)(H4,64,65,67)/t41-,42-,43-,44-,45-,46-,47-,48-,49-,51-/m0/s1. The summed E-state index contributed by atoms with van der Waals surface area (Å²) < 4.78 is 0. The molecular formula is C62H84N16O16S2. The summed E-state index contributed by atoms with van der Waals surface area (Å²) in [6.07, 6.45) is 1.14. The number of phenols is 2. The third kappa shape index (κ3) is 22.8. The maximum absolute atomic E-state index is 14.9. The number of hydrogen-bond acceptors (Lipinski definition) is 19. The highest BCUT2D eigenvalue weighted by atomic mass is 33.1. The fourth-order valence-corrected chi connectivity index (χ4v) is 12.8. The molecule has 3 aromatic carbocycles. The molecule has 520 valence electrons. The number of aliphatic hydroxyl groups is 2. The van der Waals surface area contributed by atoms with Crippen LogP contribution in [0.2, 0.25) is 0 Å². The monoisotopic (exact) mass is 1370 g/mol. The minimum atomic E-state index is -1.79. The molecule has 6 rings (SSSR count). The molecule has 0 radical (unpaired) electrons. The lowest BCUT2D eigenvalue weighted by Gasteiger charge is -2.29. The lowest BCUT2D eigenvalue weighted by molar-refractivity contribution is -0.138. The number of aromatic hydroxyl groups is 2. The minimum Gasteiger partial charge on any atom is -0.508 e. The minimum absolute atomic E-state index is 0.000655. The predicted molar refractivity (Wildman–Crippen MR) is 354 cm³/mol. The van der Waals surface area contributed by atoms with Gasteiger partial charge in [0.05, 0.1) is 13.2 Å². The number of amides is 12. The maximum atomic E-state index is 14.9. The summed E-state index contributed by atoms with van der Waals surface area (Å²) in [6, 6.07) is 3.36. The highest BCUT2D eigenvalue weighted by molar-refractivity contribution is 8.76. The number of fused-ring (bicyclic) bond motifs is 1. The molecule has 2 saturated heterocycles. The zero-order valence-electron chi connectivity index (χ0n) is 53.1. The number of para-hydroxylation sites is 1. The molecule has 21 N–H and O–H groups in total. The highest BCUT2D eigenvalue weighted by Gasteiger charge is 2.38. The van der Waals surface area contributed by atoms with Crippen molar-refractivity contribution in [3.05, 3.63) is 95.7 Å². The second-order valence-corrected chi connectivity index (χ2v) is 25.8. The van der Waals surface area contributed by atoms with E-state index in [4.69, 9.17) is 17.2 Å². The van der Waals surface area contributed by atoms with Gasteiger partial charge in [0.15, 0.2) is 5.96 Å². The van der Waals surface area contributed by atoms with Gasteiger partial charge in [0.2, 0.25) is 70.9 Å². The van der Waals surface area contributed by atoms with E-state index < -0.39 is 157 Å². The van der Waals surface area contributed by atoms with Crippen molar-refractivity contribution in [3.63, 3.8) is 0 Å². The fourth-order valence-electron chi connectivity index (χ4n) is 10.4. The van der Waals surface area contributed by atoms with Crippen LogP contribution in [0.3, 0.4) is 0 Å². The number of aliphatic hydroxyl groups excluding tert-OH is 2. The van der Waals surface area contributed by atoms with Crippen LogP contribution in [0.4, 0.5) is 0 Å². The van der Waals surface area contributed by atoms with Gasteiger partial charge in [0.1, 0.15) is 71.9 Å². The number of carbonyl (C=O) groups is 12. The molecule has 0 bridgehead atoms. The Bertz CT molecular complexity index is 3450. The Morgan fingerprint density at radius 2 is 1.26 bits per heavy atom. The normalized spacial score (nSPS) is 23.1. The van der Waals surface area contributed by atoms with Crippen LogP contribution in [0.25, 0.3) is 10.9 Å². The average molecular weight is 1370 g/mol. The summed E-state index contributed by atoms with van der Waals surface area (Å²) >= 11 is 0. The number of benzene rings is 3. The number of primary amides is 1. The molecule has 0 unspecified atom stereocenters. The number of aliphatic imine (C=N–C) groups is 1. The maximum Gasteiger partial charge on any atom is 0.245 e. The first-order valence-electron chi connectivity index (χ1n) is 30.9. The van der Waals surface area contributed by atoms with Gasteiger partial charge < -0.3 is 101 Å². The first-order chi connectivity index (χ1) is 45.7. The summed E-state index contributed by atoms with van der Waals surface area (Å²) in [4.78, 5) is 177. The zero-order chi connectivity index (χ0) is 70.2. The van der Waals surface area contributed by atoms with Gasteiger partial charge in [-0.3, -0.25) is 62.5 Å². The van der Waals surface area contributed by atoms with Crippen LogP contribution in [0.5, 0.6) is 11.5 Å². The number of guanidine groups is 1. The number of hydrogen-bond donors (Lipinski definition) is 18. The van der Waals surface area contributed by atoms with E-state index >= 15 is 0 Å². The van der Waals surface area contributed by atoms with Gasteiger partial charge in [-0.15, -0.1) is 0 Å². The molecule has 1 aromatic heterocycles. The van der Waals surface area contributed by atoms with E-state index in [0.29, 0.717) is 34.0 Å². The average Bonchev–Trinajstić information content (AvgIpc) is 1.62. The second kappa shape index (κ2) is 36.8. The Hall–Kier alpha value is -9.67. The van der Waals surface area contributed by atoms with Crippen LogP contribution in [-0.2, 0) is 76.8 Å². The number of carbonyl (C=O) groups excluding carboxylic acids is 12. The van der Waals surface area contributed by atoms with Gasteiger partial charge in [-0.2, -0.15) is 0 Å². The summed E-state index contributed by atoms with van der Waals surface area (Å²) in [6.45, 7) is 2.29. The summed E-state index contributed by atoms with van der Waals surface area (Å²) in [5, 5.41) is 67.4. The van der Waals surface area contributed by atoms with E-state index in [1.54, 1.807) is 44.3 Å². The lowest BCUT2D eigenvalue weighted by Crippen LogP contribution is -2.61. The molecule has 12 amide bonds. The van der Waals surface area contributed by atoms with Gasteiger partial charge in [-0.1, -0.05) is 77.9 Å². The molecule has 2 fully saturated rings. The molecule has 0 aliphatic carbocycles. The van der Waals surface area contributed by atoms with Gasteiger partial charge in [-0.05, 0) is 78.6 Å². The SMILES string of the molecule is CC(=O)N1CCC[C@H]1C(=O)N[C@@H](Cc1ccc(O)cc1)C(=O)N[C@H]1CSSC[C@@H](C(N)=O)NC(=O)[C@H](CO)NC(=O)[C@H](Cc2c[nH]c3ccccc23)NC(=O)[C@H](CO)NC(=O)CCNC(=O)[C@H](CCCN=C(N)N)NC(=O)[C@H](Cc2ccc(O)cc2)NC(=O)[C@H](C(C)C)NC1=O. The summed E-state index contributed by atoms with van der Waals surface area (Å²) in [7, 11) is 1.75. The Kier molecular flexibility index (Phi) is 28.9. The van der Waals surface area contributed by atoms with Crippen molar-refractivity contribution in [2.45, 2.75) is 133 Å². The number of H-pyrrole nitrogens is 1. The van der Waals surface area contributed by atoms with Crippen LogP contribution in [-0.4, -0.2) is 212 Å². The molecule has 3 heterocycles. The second-order valence-electron chi connectivity index (χ2n) is 23.3. The van der Waals surface area contributed by atoms with Crippen LogP contribution in [0.15, 0.2) is 84.0 Å². The predicted octanol–water partition coefficient (Wildman–Crippen LogP) is -3.94. The Morgan fingerprint density at radius 3 is 1.90 bits per heavy atom. The molecule has 32 nitrogen and oxygen atoms in total. The van der Waals surface area contributed by atoms with Crippen LogP contribution in [0.1, 0.15) is 69.6 Å². The Labute approximate surface area is 560 Å². The Morgan fingerprint density at radius 1 is 0.677 bits per heavy atom. The smallest absolute Gasteiger partial charge is 0.245 e. The van der Waals surface area contributed by atoms with Crippen molar-refractivity contribution in [1.82, 2.24) is 63.1 Å². The molecule has 10 atom stereocenters. The molecule has 2 aliphatic rings. The summed E-state index contributed by atoms with van der Waals surface area (Å²) in [5.41, 5.74) is 18.9. The van der Waals surface area contributed by atoms with Crippen LogP contribution >= 0.6 is 21.6 Å². The van der Waals surface area contributed by atoms with Crippen molar-refractivity contribution in [3.8, 4) is 11.5 Å². The van der Waals surface area contributed by atoms with Gasteiger partial charge in [0.25, 0.3) is 0 Å². The highest BCUT2D eigenvalue weighted by Crippen LogP contribution is 2.25. The largest absolute Gasteiger partial charge is 0.508 e. The molecule has 0 saturated carbocycles. The van der Waals surface area contributed by atoms with E-state index in [2.05, 4.69) is 63.1 Å². The molecule has 4 aromatic rings. The fraction of sp³-hybridized carbons (Fsp3) is 0.468. The number of aromatic amines is 1. The molecular weight excluding hydrogens is 1290 g/mol. The first-order valence-corrected chi connectivity index (χ1v) is 33.4. The topological polar surface area (TPSA) is 516 Å². The molecule has 96 heavy (non-hydrogen) atoms. The number of rotatable bonds is 18. The van der Waals surface area contributed by atoms with Crippen molar-refractivity contribution in [2.75, 3.05) is 44.4 Å². The number of nitrogens with zero attached hydrogens (tertiary/aromatic N) is 2. The molecule has 2 aliphatic heterocycles. The lowest BCUT2D eigenvalue weighted by atomic mass is 10.00. The molecule has 0 spiro atoms. The van der Waals surface area contributed by atoms with Gasteiger partial charge in [0, 0.05) is 80.8 Å². The van der Waals surface area contributed by atoms with E-state index in [1.165, 1.54) is 60.4 Å². The number of nitrogens with one attached hydrogen (secondary N) is 11. The first kappa shape index (κ1) is 75.4. The van der Waals surface area contributed by atoms with E-state index in [9.17, 15) is 78.0 Å². The van der Waals surface area contributed by atoms with E-state index in [0.717, 1.165) is 21.6 Å².